The number of hydrogen-bond acceptors (Lipinski definition) is 4. The lowest BCUT2D eigenvalue weighted by Gasteiger charge is -2.35. The number of esters is 1. The van der Waals surface area contributed by atoms with E-state index in [0.29, 0.717) is 30.6 Å². The Bertz CT molecular complexity index is 637. The highest BCUT2D eigenvalue weighted by Crippen LogP contribution is 2.49. The number of rotatable bonds is 12. The third kappa shape index (κ3) is 6.35. The van der Waals surface area contributed by atoms with E-state index in [9.17, 15) is 9.59 Å². The molecule has 3 rings (SSSR count). The van der Waals surface area contributed by atoms with Gasteiger partial charge in [0, 0.05) is 24.3 Å². The van der Waals surface area contributed by atoms with Crippen LogP contribution in [0.3, 0.4) is 0 Å². The van der Waals surface area contributed by atoms with Gasteiger partial charge in [-0.25, -0.2) is 0 Å². The molecule has 0 bridgehead atoms. The zero-order valence-electron chi connectivity index (χ0n) is 18.9. The van der Waals surface area contributed by atoms with Crippen LogP contribution in [0.15, 0.2) is 11.1 Å². The van der Waals surface area contributed by atoms with Crippen molar-refractivity contribution in [2.24, 2.45) is 22.7 Å². The Balaban J connectivity index is 1.20. The Hall–Kier alpha value is -0.770. The Morgan fingerprint density at radius 1 is 0.897 bits per heavy atom. The first-order chi connectivity index (χ1) is 13.7. The van der Waals surface area contributed by atoms with Crippen LogP contribution < -0.4 is 0 Å². The predicted octanol–water partition coefficient (Wildman–Crippen LogP) is 6.17. The molecule has 0 aromatic rings. The number of hydrogen-bond donors (Lipinski definition) is 0. The SMILES string of the molecule is CC(C)(CCCCSCCCCC(C)(C)C1CC(=O)C2=C([CH]2)C1)C1COC(=O)C1. The molecule has 0 spiro atoms. The fourth-order valence-electron chi connectivity index (χ4n) is 4.88. The normalized spacial score (nSPS) is 24.7. The van der Waals surface area contributed by atoms with Crippen molar-refractivity contribution in [2.75, 3.05) is 18.1 Å². The molecule has 2 atom stereocenters. The molecule has 3 nitrogen and oxygen atoms in total. The second kappa shape index (κ2) is 9.58. The van der Waals surface area contributed by atoms with Crippen LogP contribution >= 0.6 is 11.8 Å². The van der Waals surface area contributed by atoms with Crippen molar-refractivity contribution >= 4 is 23.5 Å². The van der Waals surface area contributed by atoms with Crippen molar-refractivity contribution in [1.29, 1.82) is 0 Å². The summed E-state index contributed by atoms with van der Waals surface area (Å²) in [5.74, 6) is 3.77. The fraction of sp³-hybridized carbons (Fsp3) is 0.800. The largest absolute Gasteiger partial charge is 0.465 e. The number of ether oxygens (including phenoxy) is 1. The van der Waals surface area contributed by atoms with Gasteiger partial charge in [0.25, 0.3) is 0 Å². The molecule has 1 aliphatic heterocycles. The first-order valence-corrected chi connectivity index (χ1v) is 12.7. The van der Waals surface area contributed by atoms with Gasteiger partial charge in [-0.05, 0) is 60.4 Å². The molecule has 2 aliphatic carbocycles. The summed E-state index contributed by atoms with van der Waals surface area (Å²) >= 11 is 2.08. The lowest BCUT2D eigenvalue weighted by molar-refractivity contribution is -0.137. The second-order valence-corrected chi connectivity index (χ2v) is 11.9. The van der Waals surface area contributed by atoms with Crippen LogP contribution in [0.1, 0.15) is 85.5 Å². The van der Waals surface area contributed by atoms with E-state index in [4.69, 9.17) is 4.74 Å². The quantitative estimate of drug-likeness (QED) is 0.280. The highest BCUT2D eigenvalue weighted by Gasteiger charge is 2.42. The van der Waals surface area contributed by atoms with Gasteiger partial charge in [0.1, 0.15) is 0 Å². The third-order valence-electron chi connectivity index (χ3n) is 7.57. The minimum Gasteiger partial charge on any atom is -0.465 e. The number of carbonyl (C=O) groups excluding carboxylic acids is 2. The first-order valence-electron chi connectivity index (χ1n) is 11.5. The lowest BCUT2D eigenvalue weighted by atomic mass is 9.70. The Kier molecular flexibility index (Phi) is 7.56. The molecular formula is C25H39O3S. The number of ketones is 1. The highest BCUT2D eigenvalue weighted by atomic mass is 32.2. The average molecular weight is 420 g/mol. The minimum absolute atomic E-state index is 0.0235. The molecule has 163 valence electrons. The zero-order chi connectivity index (χ0) is 21.1. The van der Waals surface area contributed by atoms with Crippen molar-refractivity contribution in [3.05, 3.63) is 17.6 Å². The van der Waals surface area contributed by atoms with Gasteiger partial charge >= 0.3 is 5.97 Å². The summed E-state index contributed by atoms with van der Waals surface area (Å²) in [6.07, 6.45) is 12.0. The first kappa shape index (κ1) is 22.9. The van der Waals surface area contributed by atoms with Crippen molar-refractivity contribution in [1.82, 2.24) is 0 Å². The summed E-state index contributed by atoms with van der Waals surface area (Å²) in [7, 11) is 0. The van der Waals surface area contributed by atoms with Crippen LogP contribution in [-0.2, 0) is 14.3 Å². The van der Waals surface area contributed by atoms with Crippen LogP contribution in [0.5, 0.6) is 0 Å². The van der Waals surface area contributed by atoms with Gasteiger partial charge in [-0.2, -0.15) is 11.8 Å². The maximum absolute atomic E-state index is 12.0. The smallest absolute Gasteiger partial charge is 0.306 e. The van der Waals surface area contributed by atoms with E-state index in [0.717, 1.165) is 18.4 Å². The fourth-order valence-corrected chi connectivity index (χ4v) is 5.91. The van der Waals surface area contributed by atoms with E-state index in [-0.39, 0.29) is 16.8 Å². The maximum Gasteiger partial charge on any atom is 0.306 e. The Labute approximate surface area is 181 Å². The number of Topliss-reactive ketones (excluding diaryl/α,β-unsaturated/α-hetero) is 1. The van der Waals surface area contributed by atoms with Gasteiger partial charge in [0.2, 0.25) is 0 Å². The summed E-state index contributed by atoms with van der Waals surface area (Å²) in [6.45, 7) is 9.90. The molecule has 0 aromatic carbocycles. The number of allylic oxidation sites excluding steroid dienone is 2. The maximum atomic E-state index is 12.0. The Morgan fingerprint density at radius 3 is 2.07 bits per heavy atom. The molecule has 1 fully saturated rings. The van der Waals surface area contributed by atoms with Crippen molar-refractivity contribution in [3.8, 4) is 0 Å². The standard InChI is InChI=1S/C25H39O3S/c1-24(2,19-13-18-14-21(18)22(26)15-19)9-5-7-11-29-12-8-6-10-25(3,4)20-16-23(27)28-17-20/h14,19-20H,5-13,15-17H2,1-4H3. The van der Waals surface area contributed by atoms with Gasteiger partial charge in [0.05, 0.1) is 13.0 Å². The van der Waals surface area contributed by atoms with Crippen LogP contribution in [0.2, 0.25) is 0 Å². The predicted molar refractivity (Wildman–Crippen MR) is 121 cm³/mol. The molecular weight excluding hydrogens is 380 g/mol. The van der Waals surface area contributed by atoms with Crippen molar-refractivity contribution in [3.63, 3.8) is 0 Å². The van der Waals surface area contributed by atoms with Gasteiger partial charge in [0.15, 0.2) is 5.78 Å². The summed E-state index contributed by atoms with van der Waals surface area (Å²) in [4.78, 5) is 23.4. The molecule has 1 radical (unpaired) electrons. The van der Waals surface area contributed by atoms with Gasteiger partial charge in [-0.15, -0.1) is 0 Å². The van der Waals surface area contributed by atoms with Gasteiger partial charge in [-0.1, -0.05) is 46.1 Å². The molecule has 0 amide bonds. The third-order valence-corrected chi connectivity index (χ3v) is 8.72. The molecule has 2 unspecified atom stereocenters. The molecule has 0 N–H and O–H groups in total. The number of thioether (sulfide) groups is 1. The van der Waals surface area contributed by atoms with Gasteiger partial charge in [-0.3, -0.25) is 9.59 Å². The van der Waals surface area contributed by atoms with E-state index in [2.05, 4.69) is 45.9 Å². The van der Waals surface area contributed by atoms with Crippen molar-refractivity contribution < 1.29 is 14.3 Å². The van der Waals surface area contributed by atoms with E-state index in [1.54, 1.807) is 0 Å². The monoisotopic (exact) mass is 419 g/mol. The summed E-state index contributed by atoms with van der Waals surface area (Å²) < 4.78 is 5.15. The summed E-state index contributed by atoms with van der Waals surface area (Å²) in [6, 6.07) is 0. The van der Waals surface area contributed by atoms with E-state index in [1.807, 2.05) is 0 Å². The van der Waals surface area contributed by atoms with Crippen LogP contribution in [-0.4, -0.2) is 29.9 Å². The number of unbranched alkanes of at least 4 members (excludes halogenated alkanes) is 2. The molecule has 4 heteroatoms. The zero-order valence-corrected chi connectivity index (χ0v) is 19.7. The lowest BCUT2D eigenvalue weighted by Crippen LogP contribution is -2.27. The summed E-state index contributed by atoms with van der Waals surface area (Å²) in [5, 5.41) is 0. The van der Waals surface area contributed by atoms with Crippen molar-refractivity contribution in [2.45, 2.75) is 85.5 Å². The van der Waals surface area contributed by atoms with E-state index < -0.39 is 0 Å². The highest BCUT2D eigenvalue weighted by molar-refractivity contribution is 7.99. The molecule has 3 aliphatic rings. The molecule has 29 heavy (non-hydrogen) atoms. The number of carbonyl (C=O) groups is 2. The molecule has 0 aromatic heterocycles. The molecule has 1 saturated heterocycles. The Morgan fingerprint density at radius 2 is 1.52 bits per heavy atom. The second-order valence-electron chi connectivity index (χ2n) is 10.7. The summed E-state index contributed by atoms with van der Waals surface area (Å²) in [5.41, 5.74) is 2.86. The minimum atomic E-state index is -0.0235. The van der Waals surface area contributed by atoms with Crippen LogP contribution in [0.4, 0.5) is 0 Å². The average Bonchev–Trinajstić information content (AvgIpc) is 3.32. The van der Waals surface area contributed by atoms with Crippen LogP contribution in [0.25, 0.3) is 0 Å². The van der Waals surface area contributed by atoms with Crippen LogP contribution in [0, 0.1) is 29.1 Å². The van der Waals surface area contributed by atoms with E-state index in [1.165, 1.54) is 55.6 Å². The van der Waals surface area contributed by atoms with E-state index >= 15 is 0 Å². The molecule has 1 heterocycles. The topological polar surface area (TPSA) is 43.4 Å². The number of cyclic esters (lactones) is 1. The molecule has 0 saturated carbocycles. The van der Waals surface area contributed by atoms with Gasteiger partial charge < -0.3 is 4.74 Å².